The van der Waals surface area contributed by atoms with E-state index in [-0.39, 0.29) is 5.56 Å². The number of anilines is 1. The molecule has 2 N–H and O–H groups in total. The van der Waals surface area contributed by atoms with E-state index in [1.54, 1.807) is 12.1 Å². The smallest absolute Gasteiger partial charge is 0.252 e. The molecule has 0 aliphatic rings. The van der Waals surface area contributed by atoms with E-state index < -0.39 is 0 Å². The summed E-state index contributed by atoms with van der Waals surface area (Å²) in [6.45, 7) is 2.52. The van der Waals surface area contributed by atoms with E-state index >= 15 is 0 Å². The van der Waals surface area contributed by atoms with Crippen LogP contribution in [-0.2, 0) is 6.54 Å². The van der Waals surface area contributed by atoms with E-state index in [1.165, 1.54) is 10.6 Å². The number of hydrogen-bond acceptors (Lipinski definition) is 2. The molecule has 1 aromatic rings. The average Bonchev–Trinajstić information content (AvgIpc) is 1.88. The second-order valence-corrected chi connectivity index (χ2v) is 2.03. The summed E-state index contributed by atoms with van der Waals surface area (Å²) in [5, 5.41) is 0. The van der Waals surface area contributed by atoms with Crippen LogP contribution in [0.4, 0.5) is 5.82 Å². The Hall–Kier alpha value is -1.25. The fourth-order valence-corrected chi connectivity index (χ4v) is 0.875. The molecule has 0 unspecified atom stereocenters. The van der Waals surface area contributed by atoms with Gasteiger partial charge >= 0.3 is 0 Å². The molecule has 0 saturated heterocycles. The molecule has 0 spiro atoms. The summed E-state index contributed by atoms with van der Waals surface area (Å²) in [5.74, 6) is 0.523. The van der Waals surface area contributed by atoms with Crippen molar-refractivity contribution in [3.8, 4) is 0 Å². The van der Waals surface area contributed by atoms with Gasteiger partial charge in [0, 0.05) is 12.6 Å². The van der Waals surface area contributed by atoms with Crippen molar-refractivity contribution in [3.05, 3.63) is 28.6 Å². The lowest BCUT2D eigenvalue weighted by molar-refractivity contribution is 0.739. The van der Waals surface area contributed by atoms with Gasteiger partial charge in [-0.25, -0.2) is 0 Å². The summed E-state index contributed by atoms with van der Waals surface area (Å²) in [7, 11) is 0. The second-order valence-electron chi connectivity index (χ2n) is 2.03. The quantitative estimate of drug-likeness (QED) is 0.612. The molecular formula is C7H10N2O. The highest BCUT2D eigenvalue weighted by Crippen LogP contribution is 1.94. The highest BCUT2D eigenvalue weighted by atomic mass is 16.1. The number of nitrogen functional groups attached to an aromatic ring is 1. The predicted molar refractivity (Wildman–Crippen MR) is 40.8 cm³/mol. The monoisotopic (exact) mass is 138 g/mol. The Morgan fingerprint density at radius 1 is 1.60 bits per heavy atom. The van der Waals surface area contributed by atoms with Gasteiger partial charge < -0.3 is 5.73 Å². The first-order valence-corrected chi connectivity index (χ1v) is 3.21. The summed E-state index contributed by atoms with van der Waals surface area (Å²) < 4.78 is 1.51. The summed E-state index contributed by atoms with van der Waals surface area (Å²) in [4.78, 5) is 11.0. The van der Waals surface area contributed by atoms with Gasteiger partial charge in [0.25, 0.3) is 5.56 Å². The summed E-state index contributed by atoms with van der Waals surface area (Å²) in [5.41, 5.74) is 5.46. The lowest BCUT2D eigenvalue weighted by Crippen LogP contribution is -2.20. The Morgan fingerprint density at radius 3 is 2.70 bits per heavy atom. The molecule has 0 fully saturated rings. The van der Waals surface area contributed by atoms with Crippen molar-refractivity contribution in [2.45, 2.75) is 13.5 Å². The van der Waals surface area contributed by atoms with Gasteiger partial charge in [0.2, 0.25) is 0 Å². The van der Waals surface area contributed by atoms with Crippen LogP contribution in [0.1, 0.15) is 6.92 Å². The summed E-state index contributed by atoms with van der Waals surface area (Å²) in [6.07, 6.45) is 0. The molecule has 3 heteroatoms. The van der Waals surface area contributed by atoms with Crippen molar-refractivity contribution in [1.29, 1.82) is 0 Å². The SMILES string of the molecule is CCn1c(N)cccc1=O. The molecule has 3 nitrogen and oxygen atoms in total. The topological polar surface area (TPSA) is 48.0 Å². The van der Waals surface area contributed by atoms with Crippen LogP contribution in [0.15, 0.2) is 23.0 Å². The minimum atomic E-state index is -0.0394. The molecule has 0 atom stereocenters. The van der Waals surface area contributed by atoms with Gasteiger partial charge in [0.1, 0.15) is 5.82 Å². The number of pyridine rings is 1. The molecule has 1 rings (SSSR count). The third kappa shape index (κ3) is 1.03. The van der Waals surface area contributed by atoms with Crippen LogP contribution in [0.5, 0.6) is 0 Å². The number of aromatic nitrogens is 1. The highest BCUT2D eigenvalue weighted by molar-refractivity contribution is 5.28. The zero-order valence-electron chi connectivity index (χ0n) is 5.87. The van der Waals surface area contributed by atoms with E-state index in [4.69, 9.17) is 5.73 Å². The van der Waals surface area contributed by atoms with Gasteiger partial charge in [-0.2, -0.15) is 0 Å². The van der Waals surface area contributed by atoms with Crippen LogP contribution in [-0.4, -0.2) is 4.57 Å². The van der Waals surface area contributed by atoms with Crippen molar-refractivity contribution < 1.29 is 0 Å². The Bertz CT molecular complexity index is 277. The van der Waals surface area contributed by atoms with Gasteiger partial charge in [-0.15, -0.1) is 0 Å². The first kappa shape index (κ1) is 6.86. The third-order valence-electron chi connectivity index (χ3n) is 1.40. The van der Waals surface area contributed by atoms with Gasteiger partial charge in [-0.1, -0.05) is 6.07 Å². The van der Waals surface area contributed by atoms with Crippen LogP contribution in [0.25, 0.3) is 0 Å². The fraction of sp³-hybridized carbons (Fsp3) is 0.286. The van der Waals surface area contributed by atoms with Crippen molar-refractivity contribution >= 4 is 5.82 Å². The Balaban J connectivity index is 3.31. The van der Waals surface area contributed by atoms with Crippen LogP contribution >= 0.6 is 0 Å². The highest BCUT2D eigenvalue weighted by Gasteiger charge is 1.93. The molecule has 1 heterocycles. The minimum Gasteiger partial charge on any atom is -0.385 e. The van der Waals surface area contributed by atoms with Crippen molar-refractivity contribution in [1.82, 2.24) is 4.57 Å². The zero-order chi connectivity index (χ0) is 7.56. The van der Waals surface area contributed by atoms with Gasteiger partial charge in [0.05, 0.1) is 0 Å². The lowest BCUT2D eigenvalue weighted by Gasteiger charge is -2.03. The molecule has 1 aromatic heterocycles. The fourth-order valence-electron chi connectivity index (χ4n) is 0.875. The molecule has 0 aliphatic carbocycles. The molecular weight excluding hydrogens is 128 g/mol. The number of hydrogen-bond donors (Lipinski definition) is 1. The van der Waals surface area contributed by atoms with E-state index in [9.17, 15) is 4.79 Å². The minimum absolute atomic E-state index is 0.0394. The first-order valence-electron chi connectivity index (χ1n) is 3.21. The van der Waals surface area contributed by atoms with Crippen molar-refractivity contribution in [2.75, 3.05) is 5.73 Å². The molecule has 0 aromatic carbocycles. The number of nitrogens with two attached hydrogens (primary N) is 1. The van der Waals surface area contributed by atoms with E-state index in [1.807, 2.05) is 6.92 Å². The molecule has 54 valence electrons. The normalized spacial score (nSPS) is 9.70. The van der Waals surface area contributed by atoms with E-state index in [0.717, 1.165) is 0 Å². The van der Waals surface area contributed by atoms with E-state index in [2.05, 4.69) is 0 Å². The standard InChI is InChI=1S/C7H10N2O/c1-2-9-6(8)4-3-5-7(9)10/h3-5H,2,8H2,1H3. The maximum Gasteiger partial charge on any atom is 0.252 e. The van der Waals surface area contributed by atoms with E-state index in [0.29, 0.717) is 12.4 Å². The van der Waals surface area contributed by atoms with Crippen LogP contribution in [0.3, 0.4) is 0 Å². The summed E-state index contributed by atoms with van der Waals surface area (Å²) >= 11 is 0. The van der Waals surface area contributed by atoms with Gasteiger partial charge in [-0.3, -0.25) is 9.36 Å². The zero-order valence-corrected chi connectivity index (χ0v) is 5.87. The molecule has 0 bridgehead atoms. The second kappa shape index (κ2) is 2.56. The molecule has 0 aliphatic heterocycles. The Kier molecular flexibility index (Phi) is 1.76. The van der Waals surface area contributed by atoms with Gasteiger partial charge in [-0.05, 0) is 13.0 Å². The third-order valence-corrected chi connectivity index (χ3v) is 1.40. The average molecular weight is 138 g/mol. The van der Waals surface area contributed by atoms with Crippen LogP contribution < -0.4 is 11.3 Å². The van der Waals surface area contributed by atoms with Gasteiger partial charge in [0.15, 0.2) is 0 Å². The lowest BCUT2D eigenvalue weighted by atomic mass is 10.4. The summed E-state index contributed by atoms with van der Waals surface area (Å²) in [6, 6.07) is 4.87. The Labute approximate surface area is 59.1 Å². The van der Waals surface area contributed by atoms with Crippen LogP contribution in [0, 0.1) is 0 Å². The molecule has 10 heavy (non-hydrogen) atoms. The maximum atomic E-state index is 11.0. The largest absolute Gasteiger partial charge is 0.385 e. The maximum absolute atomic E-state index is 11.0. The Morgan fingerprint density at radius 2 is 2.30 bits per heavy atom. The molecule has 0 radical (unpaired) electrons. The van der Waals surface area contributed by atoms with Crippen molar-refractivity contribution in [3.63, 3.8) is 0 Å². The van der Waals surface area contributed by atoms with Crippen LogP contribution in [0.2, 0.25) is 0 Å². The van der Waals surface area contributed by atoms with Crippen molar-refractivity contribution in [2.24, 2.45) is 0 Å². The number of rotatable bonds is 1. The predicted octanol–water partition coefficient (Wildman–Crippen LogP) is 0.450. The molecule has 0 saturated carbocycles. The number of nitrogens with zero attached hydrogens (tertiary/aromatic N) is 1. The first-order chi connectivity index (χ1) is 4.75. The molecule has 0 amide bonds.